The van der Waals surface area contributed by atoms with Crippen molar-refractivity contribution < 1.29 is 4.79 Å². The van der Waals surface area contributed by atoms with E-state index in [1.54, 1.807) is 0 Å². The minimum absolute atomic E-state index is 0.133. The van der Waals surface area contributed by atoms with Gasteiger partial charge in [-0.1, -0.05) is 6.92 Å². The second kappa shape index (κ2) is 5.38. The van der Waals surface area contributed by atoms with Gasteiger partial charge in [-0.3, -0.25) is 4.79 Å². The monoisotopic (exact) mass is 144 g/mol. The molecule has 4 N–H and O–H groups in total. The zero-order valence-electron chi connectivity index (χ0n) is 6.47. The molecule has 3 nitrogen and oxygen atoms in total. The summed E-state index contributed by atoms with van der Waals surface area (Å²) in [7, 11) is 0. The Morgan fingerprint density at radius 3 is 2.60 bits per heavy atom. The average molecular weight is 144 g/mol. The van der Waals surface area contributed by atoms with Crippen LogP contribution in [0.15, 0.2) is 0 Å². The molecule has 60 valence electrons. The molecule has 0 fully saturated rings. The predicted molar refractivity (Wildman–Crippen MR) is 41.6 cm³/mol. The van der Waals surface area contributed by atoms with Crippen molar-refractivity contribution >= 4 is 5.78 Å². The highest BCUT2D eigenvalue weighted by molar-refractivity contribution is 5.83. The minimum Gasteiger partial charge on any atom is -0.330 e. The van der Waals surface area contributed by atoms with Crippen LogP contribution in [0.4, 0.5) is 0 Å². The Morgan fingerprint density at radius 2 is 2.20 bits per heavy atom. The van der Waals surface area contributed by atoms with Crippen molar-refractivity contribution in [1.82, 2.24) is 0 Å². The zero-order chi connectivity index (χ0) is 7.98. The molecule has 0 aromatic heterocycles. The molecule has 0 rings (SSSR count). The Balaban J connectivity index is 3.41. The van der Waals surface area contributed by atoms with Crippen LogP contribution in [0, 0.1) is 0 Å². The van der Waals surface area contributed by atoms with Crippen molar-refractivity contribution in [3.05, 3.63) is 0 Å². The summed E-state index contributed by atoms with van der Waals surface area (Å²) < 4.78 is 0. The first-order valence-corrected chi connectivity index (χ1v) is 3.70. The van der Waals surface area contributed by atoms with E-state index < -0.39 is 0 Å². The molecule has 0 aliphatic carbocycles. The summed E-state index contributed by atoms with van der Waals surface area (Å²) >= 11 is 0. The van der Waals surface area contributed by atoms with Gasteiger partial charge >= 0.3 is 0 Å². The van der Waals surface area contributed by atoms with Crippen LogP contribution in [-0.4, -0.2) is 18.4 Å². The van der Waals surface area contributed by atoms with E-state index in [0.717, 1.165) is 12.8 Å². The molecule has 0 saturated heterocycles. The molecule has 1 atom stereocenters. The van der Waals surface area contributed by atoms with Gasteiger partial charge in [0.1, 0.15) is 5.78 Å². The lowest BCUT2D eigenvalue weighted by Crippen LogP contribution is -2.30. The van der Waals surface area contributed by atoms with E-state index in [-0.39, 0.29) is 11.8 Å². The van der Waals surface area contributed by atoms with Crippen LogP contribution in [0.2, 0.25) is 0 Å². The largest absolute Gasteiger partial charge is 0.330 e. The normalized spacial score (nSPS) is 13.1. The molecular formula is C7H16N2O. The van der Waals surface area contributed by atoms with Gasteiger partial charge in [0.05, 0.1) is 6.04 Å². The van der Waals surface area contributed by atoms with Crippen molar-refractivity contribution in [1.29, 1.82) is 0 Å². The highest BCUT2D eigenvalue weighted by Crippen LogP contribution is 1.96. The van der Waals surface area contributed by atoms with E-state index in [1.807, 2.05) is 6.92 Å². The van der Waals surface area contributed by atoms with Gasteiger partial charge in [-0.15, -0.1) is 0 Å². The van der Waals surface area contributed by atoms with Gasteiger partial charge in [-0.25, -0.2) is 0 Å². The van der Waals surface area contributed by atoms with Crippen molar-refractivity contribution in [3.8, 4) is 0 Å². The number of rotatable bonds is 5. The molecule has 0 saturated carbocycles. The van der Waals surface area contributed by atoms with Crippen LogP contribution >= 0.6 is 0 Å². The average Bonchev–Trinajstić information content (AvgIpc) is 1.98. The number of nitrogens with two attached hydrogens (primary N) is 2. The predicted octanol–water partition coefficient (Wildman–Crippen LogP) is 0.0317. The smallest absolute Gasteiger partial charge is 0.149 e. The number of carbonyl (C=O) groups is 1. The standard InChI is InChI=1S/C7H16N2O/c1-2-7(10)6(9)4-3-5-8/h6H,2-5,8-9H2,1H3. The van der Waals surface area contributed by atoms with Crippen molar-refractivity contribution in [2.75, 3.05) is 6.54 Å². The van der Waals surface area contributed by atoms with Crippen LogP contribution in [0.1, 0.15) is 26.2 Å². The fraction of sp³-hybridized carbons (Fsp3) is 0.857. The van der Waals surface area contributed by atoms with E-state index in [4.69, 9.17) is 11.5 Å². The molecule has 0 aliphatic rings. The van der Waals surface area contributed by atoms with E-state index >= 15 is 0 Å². The Labute approximate surface area is 61.8 Å². The fourth-order valence-corrected chi connectivity index (χ4v) is 0.761. The van der Waals surface area contributed by atoms with Crippen LogP contribution in [0.5, 0.6) is 0 Å². The number of ketones is 1. The molecule has 3 heteroatoms. The molecule has 0 aliphatic heterocycles. The highest BCUT2D eigenvalue weighted by atomic mass is 16.1. The van der Waals surface area contributed by atoms with Crippen LogP contribution < -0.4 is 11.5 Å². The van der Waals surface area contributed by atoms with Crippen molar-refractivity contribution in [2.45, 2.75) is 32.2 Å². The lowest BCUT2D eigenvalue weighted by atomic mass is 10.1. The zero-order valence-corrected chi connectivity index (χ0v) is 6.47. The van der Waals surface area contributed by atoms with Crippen LogP contribution in [-0.2, 0) is 4.79 Å². The lowest BCUT2D eigenvalue weighted by Gasteiger charge is -2.06. The molecular weight excluding hydrogens is 128 g/mol. The Kier molecular flexibility index (Phi) is 5.16. The Morgan fingerprint density at radius 1 is 1.60 bits per heavy atom. The molecule has 10 heavy (non-hydrogen) atoms. The minimum atomic E-state index is -0.284. The second-order valence-electron chi connectivity index (χ2n) is 2.36. The van der Waals surface area contributed by atoms with Crippen molar-refractivity contribution in [2.24, 2.45) is 11.5 Å². The summed E-state index contributed by atoms with van der Waals surface area (Å²) in [6, 6.07) is -0.284. The van der Waals surface area contributed by atoms with E-state index in [1.165, 1.54) is 0 Å². The van der Waals surface area contributed by atoms with E-state index in [2.05, 4.69) is 0 Å². The maximum atomic E-state index is 10.9. The van der Waals surface area contributed by atoms with Gasteiger partial charge in [-0.05, 0) is 19.4 Å². The summed E-state index contributed by atoms with van der Waals surface area (Å²) in [5, 5.41) is 0. The molecule has 0 spiro atoms. The molecule has 0 bridgehead atoms. The lowest BCUT2D eigenvalue weighted by molar-refractivity contribution is -0.120. The number of Topliss-reactive ketones (excluding diaryl/α,β-unsaturated/α-hetero) is 1. The SMILES string of the molecule is CCC(=O)C(N)CCCN. The molecule has 0 aromatic rings. The summed E-state index contributed by atoms with van der Waals surface area (Å²) in [4.78, 5) is 10.9. The summed E-state index contributed by atoms with van der Waals surface area (Å²) in [5.74, 6) is 0.133. The highest BCUT2D eigenvalue weighted by Gasteiger charge is 2.08. The molecule has 0 amide bonds. The van der Waals surface area contributed by atoms with Gasteiger partial charge < -0.3 is 11.5 Å². The summed E-state index contributed by atoms with van der Waals surface area (Å²) in [6.45, 7) is 2.44. The first-order valence-electron chi connectivity index (χ1n) is 3.70. The van der Waals surface area contributed by atoms with E-state index in [0.29, 0.717) is 13.0 Å². The second-order valence-corrected chi connectivity index (χ2v) is 2.36. The van der Waals surface area contributed by atoms with Crippen LogP contribution in [0.25, 0.3) is 0 Å². The topological polar surface area (TPSA) is 69.1 Å². The van der Waals surface area contributed by atoms with Gasteiger partial charge in [0, 0.05) is 6.42 Å². The summed E-state index contributed by atoms with van der Waals surface area (Å²) in [5.41, 5.74) is 10.8. The quantitative estimate of drug-likeness (QED) is 0.572. The fourth-order valence-electron chi connectivity index (χ4n) is 0.761. The molecule has 1 unspecified atom stereocenters. The third-order valence-corrected chi connectivity index (χ3v) is 1.48. The van der Waals surface area contributed by atoms with Gasteiger partial charge in [0.2, 0.25) is 0 Å². The number of hydrogen-bond donors (Lipinski definition) is 2. The van der Waals surface area contributed by atoms with Gasteiger partial charge in [-0.2, -0.15) is 0 Å². The molecule has 0 heterocycles. The van der Waals surface area contributed by atoms with E-state index in [9.17, 15) is 4.79 Å². The first kappa shape index (κ1) is 9.59. The summed E-state index contributed by atoms with van der Waals surface area (Å²) in [6.07, 6.45) is 2.10. The van der Waals surface area contributed by atoms with Gasteiger partial charge in [0.15, 0.2) is 0 Å². The number of carbonyl (C=O) groups excluding carboxylic acids is 1. The first-order chi connectivity index (χ1) is 4.72. The van der Waals surface area contributed by atoms with Crippen LogP contribution in [0.3, 0.4) is 0 Å². The Hall–Kier alpha value is -0.410. The number of hydrogen-bond acceptors (Lipinski definition) is 3. The Bertz CT molecular complexity index is 104. The third-order valence-electron chi connectivity index (χ3n) is 1.48. The maximum Gasteiger partial charge on any atom is 0.149 e. The third kappa shape index (κ3) is 3.58. The van der Waals surface area contributed by atoms with Crippen molar-refractivity contribution in [3.63, 3.8) is 0 Å². The molecule has 0 aromatic carbocycles. The molecule has 0 radical (unpaired) electrons. The van der Waals surface area contributed by atoms with Gasteiger partial charge in [0.25, 0.3) is 0 Å². The maximum absolute atomic E-state index is 10.9.